The third-order valence-corrected chi connectivity index (χ3v) is 4.85. The van der Waals surface area contributed by atoms with Gasteiger partial charge in [-0.25, -0.2) is 13.1 Å². The van der Waals surface area contributed by atoms with Crippen LogP contribution in [-0.2, 0) is 10.0 Å². The van der Waals surface area contributed by atoms with Gasteiger partial charge in [-0.1, -0.05) is 0 Å². The van der Waals surface area contributed by atoms with E-state index in [-0.39, 0.29) is 18.2 Å². The normalized spacial score (nSPS) is 13.5. The molecule has 0 saturated carbocycles. The van der Waals surface area contributed by atoms with Crippen molar-refractivity contribution >= 4 is 33.6 Å². The lowest BCUT2D eigenvalue weighted by Crippen LogP contribution is -3.00. The Hall–Kier alpha value is 0.700. The largest absolute Gasteiger partial charge is 1.00 e. The van der Waals surface area contributed by atoms with Crippen molar-refractivity contribution in [3.63, 3.8) is 0 Å². The average molecular weight is 357 g/mol. The molecule has 19 heavy (non-hydrogen) atoms. The second-order valence-electron chi connectivity index (χ2n) is 6.02. The van der Waals surface area contributed by atoms with E-state index < -0.39 is 15.6 Å². The molecule has 0 unspecified atom stereocenters. The molecule has 118 valence electrons. The van der Waals surface area contributed by atoms with Crippen LogP contribution >= 0.6 is 23.6 Å². The van der Waals surface area contributed by atoms with Gasteiger partial charge >= 0.3 is 0 Å². The van der Waals surface area contributed by atoms with Crippen molar-refractivity contribution in [1.29, 1.82) is 0 Å². The highest BCUT2D eigenvalue weighted by molar-refractivity contribution is 7.89. The third-order valence-electron chi connectivity index (χ3n) is 2.54. The highest BCUT2D eigenvalue weighted by Crippen LogP contribution is 2.23. The van der Waals surface area contributed by atoms with Gasteiger partial charge in [0.15, 0.2) is 0 Å². The Kier molecular flexibility index (Phi) is 9.51. The fraction of sp³-hybridized carbons (Fsp3) is 1.00. The number of rotatable bonds is 8. The second-order valence-corrected chi connectivity index (χ2v) is 8.80. The summed E-state index contributed by atoms with van der Waals surface area (Å²) in [5.74, 6) is 0.00703. The second kappa shape index (κ2) is 8.22. The standard InChI is InChI=1S/C10H24Cl2N3O2S.ClH/c1-10(2,14(11)12)6-9-18(16,17)13-7-8-15(3,4)5;/h13H,6-9H2,1-5H3;1H/q+1;/p-1. The fourth-order valence-corrected chi connectivity index (χ4v) is 2.56. The molecule has 0 heterocycles. The van der Waals surface area contributed by atoms with Crippen LogP contribution in [0.15, 0.2) is 0 Å². The lowest BCUT2D eigenvalue weighted by molar-refractivity contribution is -0.869. The van der Waals surface area contributed by atoms with E-state index in [1.807, 2.05) is 21.1 Å². The first-order valence-electron chi connectivity index (χ1n) is 5.75. The Bertz CT molecular complexity index is 354. The summed E-state index contributed by atoms with van der Waals surface area (Å²) in [5.41, 5.74) is -0.571. The van der Waals surface area contributed by atoms with Gasteiger partial charge in [-0.05, 0) is 43.8 Å². The zero-order valence-corrected chi connectivity index (χ0v) is 15.2. The molecule has 0 aliphatic carbocycles. The molecule has 0 amide bonds. The van der Waals surface area contributed by atoms with Gasteiger partial charge in [-0.3, -0.25) is 0 Å². The Morgan fingerprint density at radius 2 is 1.68 bits per heavy atom. The molecule has 0 aromatic carbocycles. The zero-order chi connectivity index (χ0) is 14.6. The van der Waals surface area contributed by atoms with E-state index in [1.54, 1.807) is 13.8 Å². The van der Waals surface area contributed by atoms with Crippen LogP contribution in [0.25, 0.3) is 0 Å². The summed E-state index contributed by atoms with van der Waals surface area (Å²) in [4.78, 5) is 0. The molecule has 5 nitrogen and oxygen atoms in total. The Morgan fingerprint density at radius 3 is 2.05 bits per heavy atom. The minimum atomic E-state index is -3.27. The summed E-state index contributed by atoms with van der Waals surface area (Å²) in [5, 5.41) is 0. The molecule has 0 fully saturated rings. The highest BCUT2D eigenvalue weighted by atomic mass is 35.5. The van der Waals surface area contributed by atoms with Gasteiger partial charge in [-0.15, -0.1) is 3.94 Å². The van der Waals surface area contributed by atoms with E-state index in [0.717, 1.165) is 10.5 Å². The van der Waals surface area contributed by atoms with Crippen molar-refractivity contribution < 1.29 is 25.3 Å². The van der Waals surface area contributed by atoms with Crippen molar-refractivity contribution in [3.05, 3.63) is 0 Å². The molecule has 0 rings (SSSR count). The maximum absolute atomic E-state index is 11.8. The SMILES string of the molecule is CC(C)(CCS(=O)(=O)NCC[N+](C)(C)C)N(Cl)Cl.[Cl-]. The molecule has 0 saturated heterocycles. The van der Waals surface area contributed by atoms with Crippen LogP contribution < -0.4 is 17.1 Å². The molecule has 0 aliphatic heterocycles. The molecule has 9 heteroatoms. The average Bonchev–Trinajstić information content (AvgIpc) is 2.12. The quantitative estimate of drug-likeness (QED) is 0.421. The molecule has 0 aromatic heterocycles. The topological polar surface area (TPSA) is 49.4 Å². The Morgan fingerprint density at radius 1 is 1.21 bits per heavy atom. The predicted octanol–water partition coefficient (Wildman–Crippen LogP) is -1.61. The van der Waals surface area contributed by atoms with Crippen LogP contribution in [0.4, 0.5) is 0 Å². The highest BCUT2D eigenvalue weighted by Gasteiger charge is 2.27. The van der Waals surface area contributed by atoms with Gasteiger partial charge in [0.1, 0.15) is 0 Å². The lowest BCUT2D eigenvalue weighted by Gasteiger charge is -2.27. The summed E-state index contributed by atoms with van der Waals surface area (Å²) >= 11 is 11.3. The zero-order valence-electron chi connectivity index (χ0n) is 12.1. The number of quaternary nitrogens is 1. The minimum Gasteiger partial charge on any atom is -1.00 e. The minimum absolute atomic E-state index is 0. The van der Waals surface area contributed by atoms with Crippen molar-refractivity contribution in [2.75, 3.05) is 40.0 Å². The summed E-state index contributed by atoms with van der Waals surface area (Å²) < 4.78 is 27.8. The van der Waals surface area contributed by atoms with E-state index in [4.69, 9.17) is 23.6 Å². The fourth-order valence-electron chi connectivity index (χ4n) is 1.08. The van der Waals surface area contributed by atoms with Gasteiger partial charge in [0.05, 0.1) is 40.0 Å². The van der Waals surface area contributed by atoms with Crippen LogP contribution in [0.5, 0.6) is 0 Å². The number of halogens is 3. The van der Waals surface area contributed by atoms with Crippen LogP contribution in [0.2, 0.25) is 0 Å². The number of sulfonamides is 1. The molecular formula is C10H24Cl3N3O2S. The summed E-state index contributed by atoms with van der Waals surface area (Å²) in [6.07, 6.45) is 0.361. The van der Waals surface area contributed by atoms with Gasteiger partial charge in [0, 0.05) is 5.54 Å². The van der Waals surface area contributed by atoms with Gasteiger partial charge in [0.25, 0.3) is 0 Å². The molecule has 0 radical (unpaired) electrons. The van der Waals surface area contributed by atoms with E-state index in [9.17, 15) is 8.42 Å². The number of hydrogen-bond donors (Lipinski definition) is 1. The van der Waals surface area contributed by atoms with E-state index in [1.165, 1.54) is 0 Å². The number of likely N-dealkylation sites (N-methyl/N-ethyl adjacent to an activating group) is 1. The van der Waals surface area contributed by atoms with Crippen molar-refractivity contribution in [2.45, 2.75) is 25.8 Å². The van der Waals surface area contributed by atoms with Crippen LogP contribution in [0.1, 0.15) is 20.3 Å². The Labute approximate surface area is 133 Å². The molecule has 1 N–H and O–H groups in total. The third kappa shape index (κ3) is 11.1. The molecule has 0 atom stereocenters. The summed E-state index contributed by atoms with van der Waals surface area (Å²) in [6.45, 7) is 4.74. The van der Waals surface area contributed by atoms with Crippen LogP contribution in [0, 0.1) is 0 Å². The number of hydrogen-bond acceptors (Lipinski definition) is 3. The number of nitrogens with one attached hydrogen (secondary N) is 1. The van der Waals surface area contributed by atoms with Gasteiger partial charge in [0.2, 0.25) is 10.0 Å². The molecular weight excluding hydrogens is 333 g/mol. The first-order valence-corrected chi connectivity index (χ1v) is 8.08. The van der Waals surface area contributed by atoms with E-state index in [2.05, 4.69) is 4.72 Å². The monoisotopic (exact) mass is 355 g/mol. The molecule has 0 spiro atoms. The first-order chi connectivity index (χ1) is 7.86. The van der Waals surface area contributed by atoms with E-state index in [0.29, 0.717) is 17.4 Å². The number of nitrogens with zero attached hydrogens (tertiary/aromatic N) is 2. The van der Waals surface area contributed by atoms with Gasteiger partial charge in [-0.2, -0.15) is 0 Å². The van der Waals surface area contributed by atoms with Crippen molar-refractivity contribution in [2.24, 2.45) is 0 Å². The first kappa shape index (κ1) is 22.0. The molecule has 0 aliphatic rings. The lowest BCUT2D eigenvalue weighted by atomic mass is 10.0. The van der Waals surface area contributed by atoms with Crippen LogP contribution in [-0.4, -0.2) is 62.4 Å². The van der Waals surface area contributed by atoms with Gasteiger partial charge < -0.3 is 16.9 Å². The predicted molar refractivity (Wildman–Crippen MR) is 76.9 cm³/mol. The molecule has 0 aromatic rings. The van der Waals surface area contributed by atoms with Crippen LogP contribution in [0.3, 0.4) is 0 Å². The Balaban J connectivity index is 0. The molecule has 0 bridgehead atoms. The maximum Gasteiger partial charge on any atom is 0.211 e. The maximum atomic E-state index is 11.8. The van der Waals surface area contributed by atoms with E-state index >= 15 is 0 Å². The van der Waals surface area contributed by atoms with Crippen molar-refractivity contribution in [1.82, 2.24) is 8.66 Å². The van der Waals surface area contributed by atoms with Crippen molar-refractivity contribution in [3.8, 4) is 0 Å². The summed E-state index contributed by atoms with van der Waals surface area (Å²) in [7, 11) is 2.76. The smallest absolute Gasteiger partial charge is 0.211 e. The summed E-state index contributed by atoms with van der Waals surface area (Å²) in [6, 6.07) is 0.